The van der Waals surface area contributed by atoms with Crippen LogP contribution in [-0.2, 0) is 9.16 Å². The number of rotatable bonds is 6. The molecule has 0 atom stereocenters. The van der Waals surface area contributed by atoms with E-state index in [1.54, 1.807) is 0 Å². The first-order valence-electron chi connectivity index (χ1n) is 8.85. The van der Waals surface area contributed by atoms with Crippen molar-refractivity contribution in [3.8, 4) is 0 Å². The summed E-state index contributed by atoms with van der Waals surface area (Å²) in [5.41, 5.74) is -0.598. The van der Waals surface area contributed by atoms with E-state index in [-0.39, 0.29) is 10.2 Å². The van der Waals surface area contributed by atoms with Crippen LogP contribution in [0.2, 0.25) is 23.3 Å². The van der Waals surface area contributed by atoms with Crippen molar-refractivity contribution in [3.63, 3.8) is 0 Å². The number of hydrogen-bond acceptors (Lipinski definition) is 5. The Bertz CT molecular complexity index is 612. The molecule has 0 aromatic carbocycles. The van der Waals surface area contributed by atoms with E-state index in [1.165, 1.54) is 17.3 Å². The normalized spacial score (nSPS) is 12.8. The second kappa shape index (κ2) is 8.67. The number of carbonyl (C=O) groups excluding carboxylic acids is 1. The van der Waals surface area contributed by atoms with E-state index in [0.29, 0.717) is 25.4 Å². The smallest absolute Gasteiger partial charge is 0.416 e. The first-order chi connectivity index (χ1) is 11.7. The molecule has 0 saturated carbocycles. The highest BCUT2D eigenvalue weighted by Crippen LogP contribution is 2.36. The summed E-state index contributed by atoms with van der Waals surface area (Å²) < 4.78 is 11.7. The minimum absolute atomic E-state index is 0.149. The average Bonchev–Trinajstić information content (AvgIpc) is 2.43. The van der Waals surface area contributed by atoms with Crippen LogP contribution < -0.4 is 4.90 Å². The third-order valence-corrected chi connectivity index (χ3v) is 9.00. The lowest BCUT2D eigenvalue weighted by Crippen LogP contribution is -2.42. The van der Waals surface area contributed by atoms with Crippen LogP contribution in [0, 0.1) is 0 Å². The maximum atomic E-state index is 12.6. The van der Waals surface area contributed by atoms with E-state index in [0.717, 1.165) is 0 Å². The van der Waals surface area contributed by atoms with Gasteiger partial charge in [0.15, 0.2) is 14.1 Å². The molecule has 1 aromatic rings. The average molecular weight is 402 g/mol. The number of aromatic nitrogens is 2. The van der Waals surface area contributed by atoms with E-state index in [9.17, 15) is 4.79 Å². The Morgan fingerprint density at radius 2 is 1.81 bits per heavy atom. The minimum atomic E-state index is -1.81. The summed E-state index contributed by atoms with van der Waals surface area (Å²) in [6.45, 7) is 17.5. The van der Waals surface area contributed by atoms with Gasteiger partial charge in [0.1, 0.15) is 10.8 Å². The molecule has 0 aliphatic carbocycles. The lowest BCUT2D eigenvalue weighted by Gasteiger charge is -2.36. The number of amides is 1. The summed E-state index contributed by atoms with van der Waals surface area (Å²) in [6.07, 6.45) is 3.13. The van der Waals surface area contributed by atoms with Crippen molar-refractivity contribution < 1.29 is 14.0 Å². The molecule has 0 saturated heterocycles. The summed E-state index contributed by atoms with van der Waals surface area (Å²) in [4.78, 5) is 22.2. The van der Waals surface area contributed by atoms with Gasteiger partial charge < -0.3 is 9.16 Å². The summed E-state index contributed by atoms with van der Waals surface area (Å²) in [5, 5.41) is 0.379. The predicted molar refractivity (Wildman–Crippen MR) is 108 cm³/mol. The molecule has 0 fully saturated rings. The second-order valence-corrected chi connectivity index (χ2v) is 14.0. The molecule has 0 aliphatic rings. The Kier molecular flexibility index (Phi) is 7.62. The molecule has 0 spiro atoms. The van der Waals surface area contributed by atoms with Crippen LogP contribution in [0.15, 0.2) is 12.4 Å². The lowest BCUT2D eigenvalue weighted by molar-refractivity contribution is 0.0577. The summed E-state index contributed by atoms with van der Waals surface area (Å²) in [6, 6.07) is 0. The third-order valence-electron chi connectivity index (χ3n) is 4.28. The maximum Gasteiger partial charge on any atom is 0.416 e. The molecule has 26 heavy (non-hydrogen) atoms. The Labute approximate surface area is 163 Å². The monoisotopic (exact) mass is 401 g/mol. The first-order valence-corrected chi connectivity index (χ1v) is 12.1. The molecule has 0 N–H and O–H groups in total. The van der Waals surface area contributed by atoms with Gasteiger partial charge in [0.25, 0.3) is 0 Å². The highest BCUT2D eigenvalue weighted by molar-refractivity contribution is 6.74. The van der Waals surface area contributed by atoms with Crippen molar-refractivity contribution in [1.29, 1.82) is 0 Å². The number of halogens is 1. The fourth-order valence-electron chi connectivity index (χ4n) is 1.85. The molecule has 6 nitrogen and oxygen atoms in total. The van der Waals surface area contributed by atoms with Crippen molar-refractivity contribution in [2.45, 2.75) is 71.7 Å². The number of carbonyl (C=O) groups is 1. The number of nitrogens with zero attached hydrogens (tertiary/aromatic N) is 3. The molecular weight excluding hydrogens is 370 g/mol. The van der Waals surface area contributed by atoms with Gasteiger partial charge in [-0.1, -0.05) is 32.4 Å². The van der Waals surface area contributed by atoms with Gasteiger partial charge in [-0.3, -0.25) is 9.88 Å². The molecule has 0 aliphatic heterocycles. The van der Waals surface area contributed by atoms with Crippen LogP contribution in [0.4, 0.5) is 10.6 Å². The molecule has 148 valence electrons. The van der Waals surface area contributed by atoms with Crippen molar-refractivity contribution in [2.24, 2.45) is 0 Å². The number of ether oxygens (including phenoxy) is 1. The van der Waals surface area contributed by atoms with Crippen LogP contribution in [-0.4, -0.2) is 43.1 Å². The zero-order valence-electron chi connectivity index (χ0n) is 17.2. The van der Waals surface area contributed by atoms with Crippen molar-refractivity contribution in [2.75, 3.05) is 18.1 Å². The quantitative estimate of drug-likeness (QED) is 0.479. The van der Waals surface area contributed by atoms with Gasteiger partial charge in [0.2, 0.25) is 0 Å². The van der Waals surface area contributed by atoms with Crippen LogP contribution in [0.5, 0.6) is 0 Å². The van der Waals surface area contributed by atoms with Gasteiger partial charge in [-0.2, -0.15) is 0 Å². The van der Waals surface area contributed by atoms with Crippen molar-refractivity contribution in [1.82, 2.24) is 9.97 Å². The minimum Gasteiger partial charge on any atom is -0.443 e. The number of anilines is 1. The van der Waals surface area contributed by atoms with E-state index in [4.69, 9.17) is 20.8 Å². The molecule has 1 amide bonds. The Balaban J connectivity index is 2.79. The largest absolute Gasteiger partial charge is 0.443 e. The lowest BCUT2D eigenvalue weighted by atomic mass is 10.2. The third kappa shape index (κ3) is 7.21. The van der Waals surface area contributed by atoms with Crippen LogP contribution >= 0.6 is 11.6 Å². The van der Waals surface area contributed by atoms with E-state index in [1.807, 2.05) is 20.8 Å². The highest BCUT2D eigenvalue weighted by atomic mass is 35.5. The van der Waals surface area contributed by atoms with E-state index in [2.05, 4.69) is 43.8 Å². The molecule has 0 unspecified atom stereocenters. The summed E-state index contributed by atoms with van der Waals surface area (Å²) in [5.74, 6) is 0.374. The van der Waals surface area contributed by atoms with Gasteiger partial charge in [0.05, 0.1) is 12.4 Å². The van der Waals surface area contributed by atoms with E-state index < -0.39 is 20.0 Å². The van der Waals surface area contributed by atoms with Gasteiger partial charge >= 0.3 is 6.09 Å². The Hall–Kier alpha value is -1.18. The molecule has 8 heteroatoms. The standard InChI is InChI=1S/C18H32ClN3O3Si/c1-17(2,3)25-16(23)22(15-13-20-12-14(19)21-15)10-9-11-24-26(7,8)18(4,5)6/h12-13H,9-11H2,1-8H3. The van der Waals surface area contributed by atoms with Gasteiger partial charge in [-0.15, -0.1) is 0 Å². The Morgan fingerprint density at radius 3 is 2.31 bits per heavy atom. The highest BCUT2D eigenvalue weighted by Gasteiger charge is 2.37. The molecule has 1 aromatic heterocycles. The summed E-state index contributed by atoms with van der Waals surface area (Å²) in [7, 11) is -1.81. The van der Waals surface area contributed by atoms with Gasteiger partial charge in [-0.25, -0.2) is 9.78 Å². The zero-order valence-corrected chi connectivity index (χ0v) is 19.0. The maximum absolute atomic E-state index is 12.6. The molecule has 1 rings (SSSR count). The fraction of sp³-hybridized carbons (Fsp3) is 0.722. The van der Waals surface area contributed by atoms with Crippen molar-refractivity contribution in [3.05, 3.63) is 17.5 Å². The molecular formula is C18H32ClN3O3Si. The zero-order chi connectivity index (χ0) is 20.2. The van der Waals surface area contributed by atoms with Crippen molar-refractivity contribution >= 4 is 31.8 Å². The molecule has 0 bridgehead atoms. The second-order valence-electron chi connectivity index (χ2n) is 8.79. The van der Waals surface area contributed by atoms with Crippen LogP contribution in [0.3, 0.4) is 0 Å². The number of hydrogen-bond donors (Lipinski definition) is 0. The van der Waals surface area contributed by atoms with Gasteiger partial charge in [-0.05, 0) is 45.3 Å². The van der Waals surface area contributed by atoms with Crippen LogP contribution in [0.25, 0.3) is 0 Å². The Morgan fingerprint density at radius 1 is 1.19 bits per heavy atom. The fourth-order valence-corrected chi connectivity index (χ4v) is 3.08. The molecule has 0 radical (unpaired) electrons. The topological polar surface area (TPSA) is 64.5 Å². The van der Waals surface area contributed by atoms with Crippen LogP contribution in [0.1, 0.15) is 48.0 Å². The summed E-state index contributed by atoms with van der Waals surface area (Å²) >= 11 is 5.93. The van der Waals surface area contributed by atoms with E-state index >= 15 is 0 Å². The first kappa shape index (κ1) is 22.9. The SMILES string of the molecule is CC(C)(C)OC(=O)N(CCCO[Si](C)(C)C(C)(C)C)c1cncc(Cl)n1. The predicted octanol–water partition coefficient (Wildman–Crippen LogP) is 5.28. The van der Waals surface area contributed by atoms with Gasteiger partial charge in [0, 0.05) is 13.2 Å². The molecule has 1 heterocycles.